The number of aliphatic hydroxyl groups excluding tert-OH is 2. The van der Waals surface area contributed by atoms with Crippen LogP contribution < -0.4 is 5.32 Å². The van der Waals surface area contributed by atoms with Gasteiger partial charge in [0, 0.05) is 19.7 Å². The SMILES string of the molecule is CN(C)CC(O)CNCCCO. The molecule has 4 heteroatoms. The van der Waals surface area contributed by atoms with Crippen LogP contribution in [0.3, 0.4) is 0 Å². The molecule has 0 aliphatic heterocycles. The number of hydrogen-bond donors (Lipinski definition) is 3. The molecule has 1 unspecified atom stereocenters. The van der Waals surface area contributed by atoms with E-state index in [0.717, 1.165) is 13.0 Å². The van der Waals surface area contributed by atoms with E-state index in [-0.39, 0.29) is 12.7 Å². The van der Waals surface area contributed by atoms with E-state index in [0.29, 0.717) is 13.1 Å². The normalized spacial score (nSPS) is 13.8. The molecular formula is C8H20N2O2. The van der Waals surface area contributed by atoms with E-state index in [1.54, 1.807) is 0 Å². The Hall–Kier alpha value is -0.160. The van der Waals surface area contributed by atoms with Crippen molar-refractivity contribution in [2.45, 2.75) is 12.5 Å². The van der Waals surface area contributed by atoms with Crippen LogP contribution in [0.4, 0.5) is 0 Å². The second-order valence-electron chi connectivity index (χ2n) is 3.20. The predicted octanol–water partition coefficient (Wildman–Crippen LogP) is -1.12. The first kappa shape index (κ1) is 11.8. The Balaban J connectivity index is 3.14. The van der Waals surface area contributed by atoms with E-state index in [1.807, 2.05) is 19.0 Å². The van der Waals surface area contributed by atoms with Gasteiger partial charge in [0.2, 0.25) is 0 Å². The molecule has 0 bridgehead atoms. The highest BCUT2D eigenvalue weighted by atomic mass is 16.3. The summed E-state index contributed by atoms with van der Waals surface area (Å²) in [5, 5.41) is 20.9. The number of nitrogens with zero attached hydrogens (tertiary/aromatic N) is 1. The lowest BCUT2D eigenvalue weighted by Gasteiger charge is -2.16. The van der Waals surface area contributed by atoms with E-state index in [1.165, 1.54) is 0 Å². The average molecular weight is 176 g/mol. The molecule has 12 heavy (non-hydrogen) atoms. The molecule has 0 rings (SSSR count). The van der Waals surface area contributed by atoms with Crippen LogP contribution in [0.1, 0.15) is 6.42 Å². The van der Waals surface area contributed by atoms with Crippen LogP contribution in [-0.2, 0) is 0 Å². The van der Waals surface area contributed by atoms with E-state index < -0.39 is 0 Å². The largest absolute Gasteiger partial charge is 0.396 e. The Bertz CT molecular complexity index is 99.1. The van der Waals surface area contributed by atoms with Gasteiger partial charge in [-0.05, 0) is 27.1 Å². The lowest BCUT2D eigenvalue weighted by molar-refractivity contribution is 0.134. The van der Waals surface area contributed by atoms with Crippen molar-refractivity contribution < 1.29 is 10.2 Å². The number of likely N-dealkylation sites (N-methyl/N-ethyl adjacent to an activating group) is 1. The maximum absolute atomic E-state index is 9.35. The Morgan fingerprint density at radius 3 is 2.58 bits per heavy atom. The van der Waals surface area contributed by atoms with Gasteiger partial charge in [-0.25, -0.2) is 0 Å². The molecule has 0 heterocycles. The van der Waals surface area contributed by atoms with Crippen molar-refractivity contribution in [3.05, 3.63) is 0 Å². The van der Waals surface area contributed by atoms with E-state index >= 15 is 0 Å². The van der Waals surface area contributed by atoms with Crippen LogP contribution in [-0.4, -0.2) is 61.6 Å². The molecule has 0 amide bonds. The minimum Gasteiger partial charge on any atom is -0.396 e. The van der Waals surface area contributed by atoms with Crippen LogP contribution in [0.25, 0.3) is 0 Å². The van der Waals surface area contributed by atoms with Gasteiger partial charge in [0.05, 0.1) is 6.10 Å². The topological polar surface area (TPSA) is 55.7 Å². The number of aliphatic hydroxyl groups is 2. The van der Waals surface area contributed by atoms with Crippen molar-refractivity contribution in [1.82, 2.24) is 10.2 Å². The summed E-state index contributed by atoms with van der Waals surface area (Å²) in [5.41, 5.74) is 0. The first-order valence-corrected chi connectivity index (χ1v) is 4.31. The molecule has 0 aliphatic rings. The third-order valence-electron chi connectivity index (χ3n) is 1.47. The summed E-state index contributed by atoms with van der Waals surface area (Å²) in [6.45, 7) is 2.24. The van der Waals surface area contributed by atoms with Crippen molar-refractivity contribution in [2.24, 2.45) is 0 Å². The fourth-order valence-electron chi connectivity index (χ4n) is 0.959. The molecule has 0 spiro atoms. The maximum atomic E-state index is 9.35. The zero-order valence-corrected chi connectivity index (χ0v) is 7.95. The third kappa shape index (κ3) is 7.94. The number of rotatable bonds is 7. The average Bonchev–Trinajstić information content (AvgIpc) is 1.97. The standard InChI is InChI=1S/C8H20N2O2/c1-10(2)7-8(12)6-9-4-3-5-11/h8-9,11-12H,3-7H2,1-2H3. The maximum Gasteiger partial charge on any atom is 0.0791 e. The predicted molar refractivity (Wildman–Crippen MR) is 49.1 cm³/mol. The van der Waals surface area contributed by atoms with Crippen molar-refractivity contribution >= 4 is 0 Å². The van der Waals surface area contributed by atoms with Crippen molar-refractivity contribution in [3.8, 4) is 0 Å². The van der Waals surface area contributed by atoms with Crippen LogP contribution in [0.2, 0.25) is 0 Å². The van der Waals surface area contributed by atoms with Gasteiger partial charge >= 0.3 is 0 Å². The molecule has 74 valence electrons. The van der Waals surface area contributed by atoms with Gasteiger partial charge in [0.1, 0.15) is 0 Å². The van der Waals surface area contributed by atoms with Gasteiger partial charge in [-0.2, -0.15) is 0 Å². The lowest BCUT2D eigenvalue weighted by Crippen LogP contribution is -2.35. The van der Waals surface area contributed by atoms with E-state index in [2.05, 4.69) is 5.32 Å². The van der Waals surface area contributed by atoms with Gasteiger partial charge in [-0.15, -0.1) is 0 Å². The first-order chi connectivity index (χ1) is 5.66. The van der Waals surface area contributed by atoms with E-state index in [9.17, 15) is 5.11 Å². The molecule has 0 aromatic heterocycles. The zero-order valence-electron chi connectivity index (χ0n) is 7.95. The summed E-state index contributed by atoms with van der Waals surface area (Å²) in [7, 11) is 3.86. The molecule has 0 saturated heterocycles. The molecule has 0 radical (unpaired) electrons. The number of hydrogen-bond acceptors (Lipinski definition) is 4. The summed E-state index contributed by atoms with van der Waals surface area (Å²) in [6.07, 6.45) is 0.424. The van der Waals surface area contributed by atoms with Crippen LogP contribution in [0.5, 0.6) is 0 Å². The Kier molecular flexibility index (Phi) is 7.39. The monoisotopic (exact) mass is 176 g/mol. The molecule has 3 N–H and O–H groups in total. The van der Waals surface area contributed by atoms with Gasteiger partial charge in [0.15, 0.2) is 0 Å². The zero-order chi connectivity index (χ0) is 9.40. The third-order valence-corrected chi connectivity index (χ3v) is 1.47. The highest BCUT2D eigenvalue weighted by molar-refractivity contribution is 4.61. The van der Waals surface area contributed by atoms with Crippen LogP contribution in [0, 0.1) is 0 Å². The van der Waals surface area contributed by atoms with Crippen molar-refractivity contribution in [2.75, 3.05) is 40.3 Å². The fraction of sp³-hybridized carbons (Fsp3) is 1.00. The molecule has 0 fully saturated rings. The quantitative estimate of drug-likeness (QED) is 0.430. The minimum absolute atomic E-state index is 0.205. The van der Waals surface area contributed by atoms with Gasteiger partial charge < -0.3 is 20.4 Å². The minimum atomic E-state index is -0.321. The van der Waals surface area contributed by atoms with Crippen LogP contribution >= 0.6 is 0 Å². The van der Waals surface area contributed by atoms with Crippen molar-refractivity contribution in [3.63, 3.8) is 0 Å². The summed E-state index contributed by atoms with van der Waals surface area (Å²) in [6, 6.07) is 0. The molecule has 0 saturated carbocycles. The highest BCUT2D eigenvalue weighted by Gasteiger charge is 2.03. The summed E-state index contributed by atoms with van der Waals surface area (Å²) < 4.78 is 0. The van der Waals surface area contributed by atoms with Gasteiger partial charge in [-0.3, -0.25) is 0 Å². The molecule has 4 nitrogen and oxygen atoms in total. The number of nitrogens with one attached hydrogen (secondary N) is 1. The second-order valence-corrected chi connectivity index (χ2v) is 3.20. The molecule has 0 aromatic rings. The first-order valence-electron chi connectivity index (χ1n) is 4.31. The van der Waals surface area contributed by atoms with E-state index in [4.69, 9.17) is 5.11 Å². The second kappa shape index (κ2) is 7.49. The fourth-order valence-corrected chi connectivity index (χ4v) is 0.959. The van der Waals surface area contributed by atoms with Gasteiger partial charge in [-0.1, -0.05) is 0 Å². The van der Waals surface area contributed by atoms with Gasteiger partial charge in [0.25, 0.3) is 0 Å². The molecule has 0 aromatic carbocycles. The lowest BCUT2D eigenvalue weighted by atomic mass is 10.3. The Morgan fingerprint density at radius 2 is 2.08 bits per heavy atom. The summed E-state index contributed by atoms with van der Waals surface area (Å²) >= 11 is 0. The molecule has 1 atom stereocenters. The molecule has 0 aliphatic carbocycles. The smallest absolute Gasteiger partial charge is 0.0791 e. The Morgan fingerprint density at radius 1 is 1.42 bits per heavy atom. The van der Waals surface area contributed by atoms with Crippen molar-refractivity contribution in [1.29, 1.82) is 0 Å². The van der Waals surface area contributed by atoms with Crippen LogP contribution in [0.15, 0.2) is 0 Å². The summed E-state index contributed by atoms with van der Waals surface area (Å²) in [5.74, 6) is 0. The Labute approximate surface area is 74.2 Å². The summed E-state index contributed by atoms with van der Waals surface area (Å²) in [4.78, 5) is 1.94. The highest BCUT2D eigenvalue weighted by Crippen LogP contribution is 1.84. The molecular weight excluding hydrogens is 156 g/mol.